The Bertz CT molecular complexity index is 465. The molecular formula is C16H22N2O. The summed E-state index contributed by atoms with van der Waals surface area (Å²) in [4.78, 5) is 3.26. The van der Waals surface area contributed by atoms with Gasteiger partial charge >= 0.3 is 0 Å². The zero-order valence-electron chi connectivity index (χ0n) is 11.5. The van der Waals surface area contributed by atoms with E-state index in [1.807, 2.05) is 30.5 Å². The highest BCUT2D eigenvalue weighted by molar-refractivity contribution is 5.28. The second-order valence-corrected chi connectivity index (χ2v) is 5.17. The van der Waals surface area contributed by atoms with Crippen LogP contribution in [0.3, 0.4) is 0 Å². The van der Waals surface area contributed by atoms with Crippen molar-refractivity contribution in [2.45, 2.75) is 25.9 Å². The molecule has 0 radical (unpaired) electrons. The molecule has 102 valence electrons. The molecule has 0 aliphatic heterocycles. The number of benzene rings is 1. The average molecular weight is 258 g/mol. The van der Waals surface area contributed by atoms with Crippen LogP contribution in [0, 0.1) is 5.92 Å². The predicted molar refractivity (Wildman–Crippen MR) is 77.9 cm³/mol. The second kappa shape index (κ2) is 6.55. The van der Waals surface area contributed by atoms with E-state index in [4.69, 9.17) is 0 Å². The fourth-order valence-corrected chi connectivity index (χ4v) is 2.20. The molecule has 0 aliphatic rings. The first-order chi connectivity index (χ1) is 9.22. The standard InChI is InChI=1S/C16H22N2O/c1-12(2)15(11-19)18-16(14-9-6-10-17-14)13-7-4-3-5-8-13/h3-10,12,15-19H,11H2,1-2H3/t15-,16+/m1/s1. The number of rotatable bonds is 6. The lowest BCUT2D eigenvalue weighted by molar-refractivity contribution is 0.203. The van der Waals surface area contributed by atoms with E-state index in [1.165, 1.54) is 5.56 Å². The van der Waals surface area contributed by atoms with E-state index in [0.717, 1.165) is 5.69 Å². The Hall–Kier alpha value is -1.58. The molecule has 3 nitrogen and oxygen atoms in total. The number of hydrogen-bond acceptors (Lipinski definition) is 2. The van der Waals surface area contributed by atoms with Crippen LogP contribution < -0.4 is 5.32 Å². The molecule has 0 spiro atoms. The van der Waals surface area contributed by atoms with Gasteiger partial charge in [0.1, 0.15) is 0 Å². The molecule has 3 heteroatoms. The highest BCUT2D eigenvalue weighted by Crippen LogP contribution is 2.22. The van der Waals surface area contributed by atoms with Crippen molar-refractivity contribution in [3.8, 4) is 0 Å². The first kappa shape index (κ1) is 13.8. The van der Waals surface area contributed by atoms with E-state index < -0.39 is 0 Å². The van der Waals surface area contributed by atoms with E-state index in [9.17, 15) is 5.11 Å². The van der Waals surface area contributed by atoms with Gasteiger partial charge in [-0.3, -0.25) is 5.32 Å². The van der Waals surface area contributed by atoms with Crippen molar-refractivity contribution in [1.82, 2.24) is 10.3 Å². The van der Waals surface area contributed by atoms with Gasteiger partial charge in [-0.05, 0) is 23.6 Å². The van der Waals surface area contributed by atoms with Crippen molar-refractivity contribution in [2.75, 3.05) is 6.61 Å². The van der Waals surface area contributed by atoms with Crippen molar-refractivity contribution in [1.29, 1.82) is 0 Å². The van der Waals surface area contributed by atoms with Gasteiger partial charge in [0, 0.05) is 17.9 Å². The summed E-state index contributed by atoms with van der Waals surface area (Å²) in [5.74, 6) is 0.381. The Kier molecular flexibility index (Phi) is 4.77. The molecule has 0 saturated heterocycles. The highest BCUT2D eigenvalue weighted by Gasteiger charge is 2.20. The molecule has 0 unspecified atom stereocenters. The zero-order valence-corrected chi connectivity index (χ0v) is 11.5. The van der Waals surface area contributed by atoms with Gasteiger partial charge in [0.25, 0.3) is 0 Å². The third-order valence-corrected chi connectivity index (χ3v) is 3.45. The summed E-state index contributed by atoms with van der Waals surface area (Å²) in [5, 5.41) is 13.1. The van der Waals surface area contributed by atoms with E-state index in [1.54, 1.807) is 0 Å². The number of aromatic amines is 1. The van der Waals surface area contributed by atoms with Gasteiger partial charge in [0.2, 0.25) is 0 Å². The summed E-state index contributed by atoms with van der Waals surface area (Å²) < 4.78 is 0. The van der Waals surface area contributed by atoms with Crippen LogP contribution in [0.1, 0.15) is 31.1 Å². The molecule has 0 amide bonds. The summed E-state index contributed by atoms with van der Waals surface area (Å²) >= 11 is 0. The molecule has 2 aromatic rings. The quantitative estimate of drug-likeness (QED) is 0.746. The van der Waals surface area contributed by atoms with Crippen LogP contribution in [0.25, 0.3) is 0 Å². The molecule has 1 aromatic carbocycles. The van der Waals surface area contributed by atoms with E-state index in [-0.39, 0.29) is 18.7 Å². The topological polar surface area (TPSA) is 48.0 Å². The van der Waals surface area contributed by atoms with Crippen LogP contribution in [0.5, 0.6) is 0 Å². The Labute approximate surface area is 114 Å². The molecule has 1 heterocycles. The van der Waals surface area contributed by atoms with E-state index >= 15 is 0 Å². The van der Waals surface area contributed by atoms with Gasteiger partial charge in [0.15, 0.2) is 0 Å². The summed E-state index contributed by atoms with van der Waals surface area (Å²) in [5.41, 5.74) is 2.31. The lowest BCUT2D eigenvalue weighted by Gasteiger charge is -2.27. The van der Waals surface area contributed by atoms with Crippen molar-refractivity contribution >= 4 is 0 Å². The summed E-state index contributed by atoms with van der Waals surface area (Å²) in [6.07, 6.45) is 1.93. The molecule has 0 bridgehead atoms. The van der Waals surface area contributed by atoms with Gasteiger partial charge in [-0.15, -0.1) is 0 Å². The Morgan fingerprint density at radius 2 is 1.84 bits per heavy atom. The molecule has 0 aliphatic carbocycles. The molecular weight excluding hydrogens is 236 g/mol. The monoisotopic (exact) mass is 258 g/mol. The number of nitrogens with one attached hydrogen (secondary N) is 2. The minimum absolute atomic E-state index is 0.0773. The zero-order chi connectivity index (χ0) is 13.7. The smallest absolute Gasteiger partial charge is 0.0732 e. The van der Waals surface area contributed by atoms with Crippen molar-refractivity contribution in [3.63, 3.8) is 0 Å². The molecule has 2 atom stereocenters. The maximum absolute atomic E-state index is 9.52. The fraction of sp³-hybridized carbons (Fsp3) is 0.375. The van der Waals surface area contributed by atoms with Gasteiger partial charge in [-0.25, -0.2) is 0 Å². The van der Waals surface area contributed by atoms with Crippen LogP contribution in [0.4, 0.5) is 0 Å². The number of aromatic nitrogens is 1. The number of H-pyrrole nitrogens is 1. The predicted octanol–water partition coefficient (Wildman–Crippen LogP) is 2.71. The van der Waals surface area contributed by atoms with Crippen LogP contribution in [0.15, 0.2) is 48.7 Å². The SMILES string of the molecule is CC(C)[C@@H](CO)N[C@@H](c1ccccc1)c1ccc[nH]1. The number of aliphatic hydroxyl groups is 1. The first-order valence-corrected chi connectivity index (χ1v) is 6.77. The Morgan fingerprint density at radius 1 is 1.11 bits per heavy atom. The first-order valence-electron chi connectivity index (χ1n) is 6.77. The summed E-state index contributed by atoms with van der Waals surface area (Å²) in [6, 6.07) is 14.5. The van der Waals surface area contributed by atoms with E-state index in [0.29, 0.717) is 5.92 Å². The number of aliphatic hydroxyl groups excluding tert-OH is 1. The van der Waals surface area contributed by atoms with Gasteiger partial charge in [-0.1, -0.05) is 44.2 Å². The van der Waals surface area contributed by atoms with Crippen molar-refractivity contribution in [2.24, 2.45) is 5.92 Å². The van der Waals surface area contributed by atoms with Crippen molar-refractivity contribution in [3.05, 3.63) is 59.9 Å². The third kappa shape index (κ3) is 3.46. The minimum atomic E-state index is 0.0773. The number of hydrogen-bond donors (Lipinski definition) is 3. The van der Waals surface area contributed by atoms with Gasteiger partial charge < -0.3 is 10.1 Å². The molecule has 2 rings (SSSR count). The van der Waals surface area contributed by atoms with Crippen LogP contribution in [0.2, 0.25) is 0 Å². The normalized spacial score (nSPS) is 14.5. The third-order valence-electron chi connectivity index (χ3n) is 3.45. The molecule has 19 heavy (non-hydrogen) atoms. The highest BCUT2D eigenvalue weighted by atomic mass is 16.3. The summed E-state index contributed by atoms with van der Waals surface area (Å²) in [7, 11) is 0. The fourth-order valence-electron chi connectivity index (χ4n) is 2.20. The maximum atomic E-state index is 9.52. The molecule has 0 fully saturated rings. The lowest BCUT2D eigenvalue weighted by atomic mass is 9.99. The Balaban J connectivity index is 2.25. The molecule has 1 aromatic heterocycles. The lowest BCUT2D eigenvalue weighted by Crippen LogP contribution is -2.40. The van der Waals surface area contributed by atoms with Crippen molar-refractivity contribution < 1.29 is 5.11 Å². The summed E-state index contributed by atoms with van der Waals surface area (Å²) in [6.45, 7) is 4.37. The maximum Gasteiger partial charge on any atom is 0.0732 e. The second-order valence-electron chi connectivity index (χ2n) is 5.17. The average Bonchev–Trinajstić information content (AvgIpc) is 2.94. The van der Waals surface area contributed by atoms with Crippen LogP contribution in [-0.4, -0.2) is 22.7 Å². The van der Waals surface area contributed by atoms with Gasteiger partial charge in [0.05, 0.1) is 12.6 Å². The molecule has 0 saturated carbocycles. The largest absolute Gasteiger partial charge is 0.395 e. The van der Waals surface area contributed by atoms with E-state index in [2.05, 4.69) is 42.3 Å². The Morgan fingerprint density at radius 3 is 2.37 bits per heavy atom. The van der Waals surface area contributed by atoms with Crippen LogP contribution >= 0.6 is 0 Å². The van der Waals surface area contributed by atoms with Crippen LogP contribution in [-0.2, 0) is 0 Å². The minimum Gasteiger partial charge on any atom is -0.395 e. The molecule has 3 N–H and O–H groups in total. The van der Waals surface area contributed by atoms with Gasteiger partial charge in [-0.2, -0.15) is 0 Å².